The van der Waals surface area contributed by atoms with Crippen LogP contribution in [0.2, 0.25) is 0 Å². The van der Waals surface area contributed by atoms with Gasteiger partial charge in [0.05, 0.1) is 0 Å². The molecule has 0 bridgehead atoms. The third-order valence-corrected chi connectivity index (χ3v) is 4.33. The molecule has 0 spiro atoms. The summed E-state index contributed by atoms with van der Waals surface area (Å²) >= 11 is 0. The van der Waals surface area contributed by atoms with Crippen LogP contribution in [-0.2, 0) is 9.59 Å². The van der Waals surface area contributed by atoms with Crippen molar-refractivity contribution in [3.05, 3.63) is 0 Å². The molecule has 3 heteroatoms. The number of piperidine rings is 1. The molecule has 104 valence electrons. The molecular formula is C15H27NO2. The first-order valence-corrected chi connectivity index (χ1v) is 7.06. The summed E-state index contributed by atoms with van der Waals surface area (Å²) in [5.74, 6) is 0.962. The third-order valence-electron chi connectivity index (χ3n) is 4.33. The van der Waals surface area contributed by atoms with Crippen LogP contribution in [-0.4, -0.2) is 29.7 Å². The lowest BCUT2D eigenvalue weighted by Gasteiger charge is -2.34. The maximum Gasteiger partial charge on any atom is 0.222 e. The van der Waals surface area contributed by atoms with Crippen LogP contribution in [0, 0.1) is 17.3 Å². The summed E-state index contributed by atoms with van der Waals surface area (Å²) in [4.78, 5) is 25.8. The van der Waals surface area contributed by atoms with Gasteiger partial charge in [0.25, 0.3) is 0 Å². The molecule has 1 aliphatic heterocycles. The van der Waals surface area contributed by atoms with Gasteiger partial charge in [-0.3, -0.25) is 9.59 Å². The highest BCUT2D eigenvalue weighted by Crippen LogP contribution is 2.29. The van der Waals surface area contributed by atoms with Gasteiger partial charge in [0.1, 0.15) is 5.78 Å². The molecule has 1 rings (SSSR count). The number of carbonyl (C=O) groups excluding carboxylic acids is 2. The van der Waals surface area contributed by atoms with Crippen LogP contribution >= 0.6 is 0 Å². The molecule has 0 N–H and O–H groups in total. The van der Waals surface area contributed by atoms with Gasteiger partial charge in [0, 0.05) is 31.8 Å². The Morgan fingerprint density at radius 2 is 2.06 bits per heavy atom. The predicted octanol–water partition coefficient (Wildman–Crippen LogP) is 2.89. The number of hydrogen-bond donors (Lipinski definition) is 0. The number of hydrogen-bond acceptors (Lipinski definition) is 2. The first kappa shape index (κ1) is 15.2. The number of amides is 1. The van der Waals surface area contributed by atoms with Crippen molar-refractivity contribution in [3.63, 3.8) is 0 Å². The fourth-order valence-electron chi connectivity index (χ4n) is 2.19. The molecule has 0 radical (unpaired) electrons. The minimum Gasteiger partial charge on any atom is -0.342 e. The van der Waals surface area contributed by atoms with E-state index in [0.717, 1.165) is 6.42 Å². The Labute approximate surface area is 111 Å². The van der Waals surface area contributed by atoms with E-state index in [0.29, 0.717) is 37.6 Å². The zero-order valence-electron chi connectivity index (χ0n) is 12.5. The predicted molar refractivity (Wildman–Crippen MR) is 73.2 cm³/mol. The van der Waals surface area contributed by atoms with Crippen molar-refractivity contribution in [2.24, 2.45) is 17.3 Å². The topological polar surface area (TPSA) is 37.4 Å². The second-order valence-electron chi connectivity index (χ2n) is 6.63. The highest BCUT2D eigenvalue weighted by molar-refractivity contribution is 5.85. The lowest BCUT2D eigenvalue weighted by molar-refractivity contribution is -0.138. The van der Waals surface area contributed by atoms with Crippen LogP contribution in [0.4, 0.5) is 0 Å². The Balaban J connectivity index is 2.55. The van der Waals surface area contributed by atoms with E-state index in [1.165, 1.54) is 0 Å². The summed E-state index contributed by atoms with van der Waals surface area (Å²) in [6, 6.07) is 0. The SMILES string of the molecule is CCC1CN(C(=O)CC(C)C(C)(C)C)CCC1=O. The van der Waals surface area contributed by atoms with E-state index in [1.54, 1.807) is 0 Å². The van der Waals surface area contributed by atoms with Crippen LogP contribution in [0.3, 0.4) is 0 Å². The van der Waals surface area contributed by atoms with Crippen LogP contribution < -0.4 is 0 Å². The fourth-order valence-corrected chi connectivity index (χ4v) is 2.19. The van der Waals surface area contributed by atoms with Crippen molar-refractivity contribution >= 4 is 11.7 Å². The van der Waals surface area contributed by atoms with E-state index in [1.807, 2.05) is 11.8 Å². The molecular weight excluding hydrogens is 226 g/mol. The van der Waals surface area contributed by atoms with Crippen LogP contribution in [0.25, 0.3) is 0 Å². The Bertz CT molecular complexity index is 317. The Hall–Kier alpha value is -0.860. The Kier molecular flexibility index (Phi) is 4.94. The summed E-state index contributed by atoms with van der Waals surface area (Å²) in [6.45, 7) is 11.9. The van der Waals surface area contributed by atoms with Crippen molar-refractivity contribution < 1.29 is 9.59 Å². The molecule has 1 fully saturated rings. The van der Waals surface area contributed by atoms with Gasteiger partial charge in [-0.1, -0.05) is 34.6 Å². The van der Waals surface area contributed by atoms with Crippen LogP contribution in [0.5, 0.6) is 0 Å². The molecule has 0 aromatic carbocycles. The first-order valence-electron chi connectivity index (χ1n) is 7.06. The van der Waals surface area contributed by atoms with E-state index < -0.39 is 0 Å². The van der Waals surface area contributed by atoms with Crippen LogP contribution in [0.15, 0.2) is 0 Å². The van der Waals surface area contributed by atoms with Gasteiger partial charge < -0.3 is 4.90 Å². The summed E-state index contributed by atoms with van der Waals surface area (Å²) in [5, 5.41) is 0. The fraction of sp³-hybridized carbons (Fsp3) is 0.867. The minimum absolute atomic E-state index is 0.0626. The largest absolute Gasteiger partial charge is 0.342 e. The second-order valence-corrected chi connectivity index (χ2v) is 6.63. The molecule has 0 aromatic rings. The summed E-state index contributed by atoms with van der Waals surface area (Å²) < 4.78 is 0. The number of ketones is 1. The molecule has 0 saturated carbocycles. The number of Topliss-reactive ketones (excluding diaryl/α,β-unsaturated/α-hetero) is 1. The zero-order valence-corrected chi connectivity index (χ0v) is 12.5. The van der Waals surface area contributed by atoms with Crippen molar-refractivity contribution in [2.75, 3.05) is 13.1 Å². The number of nitrogens with zero attached hydrogens (tertiary/aromatic N) is 1. The Morgan fingerprint density at radius 1 is 1.44 bits per heavy atom. The van der Waals surface area contributed by atoms with E-state index in [4.69, 9.17) is 0 Å². The molecule has 1 amide bonds. The molecule has 2 atom stereocenters. The molecule has 1 aliphatic rings. The lowest BCUT2D eigenvalue weighted by atomic mass is 9.79. The van der Waals surface area contributed by atoms with Gasteiger partial charge in [-0.2, -0.15) is 0 Å². The lowest BCUT2D eigenvalue weighted by Crippen LogP contribution is -2.44. The standard InChI is InChI=1S/C15H27NO2/c1-6-12-10-16(8-7-13(12)17)14(18)9-11(2)15(3,4)5/h11-12H,6-10H2,1-5H3. The average molecular weight is 253 g/mol. The quantitative estimate of drug-likeness (QED) is 0.775. The molecule has 2 unspecified atom stereocenters. The highest BCUT2D eigenvalue weighted by atomic mass is 16.2. The van der Waals surface area contributed by atoms with Gasteiger partial charge in [-0.25, -0.2) is 0 Å². The van der Waals surface area contributed by atoms with E-state index in [9.17, 15) is 9.59 Å². The first-order chi connectivity index (χ1) is 8.25. The maximum absolute atomic E-state index is 12.2. The molecule has 18 heavy (non-hydrogen) atoms. The summed E-state index contributed by atoms with van der Waals surface area (Å²) in [7, 11) is 0. The molecule has 3 nitrogen and oxygen atoms in total. The van der Waals surface area contributed by atoms with Crippen molar-refractivity contribution in [1.82, 2.24) is 4.90 Å². The average Bonchev–Trinajstić information content (AvgIpc) is 2.28. The third kappa shape index (κ3) is 3.82. The minimum atomic E-state index is 0.0626. The van der Waals surface area contributed by atoms with Crippen molar-refractivity contribution in [3.8, 4) is 0 Å². The summed E-state index contributed by atoms with van der Waals surface area (Å²) in [6.07, 6.45) is 1.97. The highest BCUT2D eigenvalue weighted by Gasteiger charge is 2.30. The van der Waals surface area contributed by atoms with E-state index in [-0.39, 0.29) is 17.2 Å². The van der Waals surface area contributed by atoms with Gasteiger partial charge >= 0.3 is 0 Å². The van der Waals surface area contributed by atoms with Crippen molar-refractivity contribution in [2.45, 2.75) is 53.9 Å². The van der Waals surface area contributed by atoms with Gasteiger partial charge in [0.15, 0.2) is 0 Å². The maximum atomic E-state index is 12.2. The molecule has 0 aromatic heterocycles. The molecule has 1 heterocycles. The van der Waals surface area contributed by atoms with Crippen LogP contribution in [0.1, 0.15) is 53.9 Å². The van der Waals surface area contributed by atoms with Gasteiger partial charge in [-0.15, -0.1) is 0 Å². The number of likely N-dealkylation sites (tertiary alicyclic amines) is 1. The number of rotatable bonds is 3. The summed E-state index contributed by atoms with van der Waals surface area (Å²) in [5.41, 5.74) is 0.158. The molecule has 1 saturated heterocycles. The van der Waals surface area contributed by atoms with Gasteiger partial charge in [0.2, 0.25) is 5.91 Å². The van der Waals surface area contributed by atoms with E-state index in [2.05, 4.69) is 27.7 Å². The normalized spacial score (nSPS) is 23.1. The Morgan fingerprint density at radius 3 is 2.56 bits per heavy atom. The molecule has 0 aliphatic carbocycles. The number of carbonyl (C=O) groups is 2. The second kappa shape index (κ2) is 5.85. The monoisotopic (exact) mass is 253 g/mol. The van der Waals surface area contributed by atoms with Gasteiger partial charge in [-0.05, 0) is 17.8 Å². The smallest absolute Gasteiger partial charge is 0.222 e. The van der Waals surface area contributed by atoms with E-state index >= 15 is 0 Å². The van der Waals surface area contributed by atoms with Crippen molar-refractivity contribution in [1.29, 1.82) is 0 Å². The zero-order chi connectivity index (χ0) is 13.9.